The van der Waals surface area contributed by atoms with Crippen molar-refractivity contribution in [2.75, 3.05) is 36.0 Å². The van der Waals surface area contributed by atoms with Crippen LogP contribution in [-0.2, 0) is 5.60 Å². The minimum Gasteiger partial charge on any atom is -0.393 e. The van der Waals surface area contributed by atoms with Crippen LogP contribution in [0.2, 0.25) is 0 Å². The number of piperidine rings is 2. The van der Waals surface area contributed by atoms with E-state index in [9.17, 15) is 10.2 Å². The maximum absolute atomic E-state index is 11.0. The number of hydrogen-bond acceptors (Lipinski definition) is 7. The summed E-state index contributed by atoms with van der Waals surface area (Å²) in [6.45, 7) is 5.01. The summed E-state index contributed by atoms with van der Waals surface area (Å²) in [6.07, 6.45) is 6.17. The van der Waals surface area contributed by atoms with Crippen molar-refractivity contribution in [3.05, 3.63) is 41.9 Å². The number of rotatable bonds is 3. The lowest BCUT2D eigenvalue weighted by atomic mass is 9.87. The molecule has 2 N–H and O–H groups in total. The summed E-state index contributed by atoms with van der Waals surface area (Å²) in [5, 5.41) is 20.7. The summed E-state index contributed by atoms with van der Waals surface area (Å²) < 4.78 is 0. The molecule has 2 aromatic heterocycles. The zero-order valence-electron chi connectivity index (χ0n) is 15.8. The lowest BCUT2D eigenvalue weighted by molar-refractivity contribution is 0.00736. The third kappa shape index (κ3) is 3.89. The zero-order chi connectivity index (χ0) is 18.9. The summed E-state index contributed by atoms with van der Waals surface area (Å²) in [6, 6.07) is 5.85. The first kappa shape index (κ1) is 18.1. The van der Waals surface area contributed by atoms with E-state index in [2.05, 4.69) is 19.8 Å². The predicted molar refractivity (Wildman–Crippen MR) is 104 cm³/mol. The van der Waals surface area contributed by atoms with Gasteiger partial charge in [-0.3, -0.25) is 4.98 Å². The minimum atomic E-state index is -0.884. The molecule has 0 amide bonds. The molecule has 0 atom stereocenters. The summed E-state index contributed by atoms with van der Waals surface area (Å²) in [4.78, 5) is 17.9. The number of nitrogens with zero attached hydrogens (tertiary/aromatic N) is 5. The van der Waals surface area contributed by atoms with Gasteiger partial charge in [0, 0.05) is 38.6 Å². The van der Waals surface area contributed by atoms with E-state index in [0.29, 0.717) is 31.9 Å². The lowest BCUT2D eigenvalue weighted by Gasteiger charge is -2.38. The van der Waals surface area contributed by atoms with Crippen LogP contribution in [0.3, 0.4) is 0 Å². The fraction of sp³-hybridized carbons (Fsp3) is 0.550. The van der Waals surface area contributed by atoms with Crippen molar-refractivity contribution in [1.29, 1.82) is 0 Å². The molecule has 0 aliphatic carbocycles. The smallest absolute Gasteiger partial charge is 0.227 e. The molecule has 144 valence electrons. The van der Waals surface area contributed by atoms with E-state index in [1.165, 1.54) is 0 Å². The van der Waals surface area contributed by atoms with E-state index in [4.69, 9.17) is 4.98 Å². The van der Waals surface area contributed by atoms with Crippen LogP contribution >= 0.6 is 0 Å². The van der Waals surface area contributed by atoms with Gasteiger partial charge in [0.25, 0.3) is 0 Å². The van der Waals surface area contributed by atoms with Gasteiger partial charge < -0.3 is 20.0 Å². The Balaban J connectivity index is 1.43. The minimum absolute atomic E-state index is 0.197. The van der Waals surface area contributed by atoms with Gasteiger partial charge in [-0.05, 0) is 50.3 Å². The highest BCUT2D eigenvalue weighted by Crippen LogP contribution is 2.33. The quantitative estimate of drug-likeness (QED) is 0.850. The Morgan fingerprint density at radius 1 is 1.00 bits per heavy atom. The van der Waals surface area contributed by atoms with Gasteiger partial charge in [0.05, 0.1) is 11.8 Å². The van der Waals surface area contributed by atoms with Crippen molar-refractivity contribution in [3.63, 3.8) is 0 Å². The summed E-state index contributed by atoms with van der Waals surface area (Å²) in [5.74, 6) is 1.62. The average molecular weight is 369 g/mol. The van der Waals surface area contributed by atoms with Crippen LogP contribution in [-0.4, -0.2) is 57.4 Å². The number of aliphatic hydroxyl groups excluding tert-OH is 1. The number of pyridine rings is 1. The molecule has 0 spiro atoms. The molecule has 0 unspecified atom stereocenters. The van der Waals surface area contributed by atoms with Crippen molar-refractivity contribution in [2.24, 2.45) is 0 Å². The predicted octanol–water partition coefficient (Wildman–Crippen LogP) is 1.63. The molecule has 2 saturated heterocycles. The van der Waals surface area contributed by atoms with Crippen molar-refractivity contribution >= 4 is 11.8 Å². The molecule has 27 heavy (non-hydrogen) atoms. The van der Waals surface area contributed by atoms with Gasteiger partial charge in [0.15, 0.2) is 0 Å². The normalized spacial score (nSPS) is 20.7. The van der Waals surface area contributed by atoms with Crippen molar-refractivity contribution in [2.45, 2.75) is 44.3 Å². The van der Waals surface area contributed by atoms with Crippen LogP contribution in [0.15, 0.2) is 30.6 Å². The molecule has 2 aliphatic heterocycles. The molecule has 2 fully saturated rings. The first-order chi connectivity index (χ1) is 13.0. The van der Waals surface area contributed by atoms with Gasteiger partial charge in [-0.15, -0.1) is 0 Å². The molecule has 0 saturated carbocycles. The van der Waals surface area contributed by atoms with Crippen LogP contribution in [0.5, 0.6) is 0 Å². The fourth-order valence-corrected chi connectivity index (χ4v) is 3.84. The maximum atomic E-state index is 11.0. The second-order valence-corrected chi connectivity index (χ2v) is 7.67. The largest absolute Gasteiger partial charge is 0.393 e. The number of anilines is 2. The van der Waals surface area contributed by atoms with Gasteiger partial charge in [-0.25, -0.2) is 4.98 Å². The molecule has 7 nitrogen and oxygen atoms in total. The first-order valence-electron chi connectivity index (χ1n) is 9.70. The van der Waals surface area contributed by atoms with Crippen molar-refractivity contribution in [1.82, 2.24) is 15.0 Å². The highest BCUT2D eigenvalue weighted by Gasteiger charge is 2.36. The van der Waals surface area contributed by atoms with Gasteiger partial charge in [0.1, 0.15) is 11.4 Å². The standard InChI is InChI=1S/C20H27N5O2/c1-15-2-3-17(22-14-15)20(27)7-12-25(13-8-20)19-21-9-4-18(23-19)24-10-5-16(26)6-11-24/h2-4,9,14,16,26-27H,5-8,10-13H2,1H3. The average Bonchev–Trinajstić information content (AvgIpc) is 2.70. The Morgan fingerprint density at radius 2 is 1.74 bits per heavy atom. The lowest BCUT2D eigenvalue weighted by Crippen LogP contribution is -2.44. The van der Waals surface area contributed by atoms with Gasteiger partial charge >= 0.3 is 0 Å². The van der Waals surface area contributed by atoms with Gasteiger partial charge in [-0.2, -0.15) is 4.98 Å². The highest BCUT2D eigenvalue weighted by molar-refractivity contribution is 5.44. The summed E-state index contributed by atoms with van der Waals surface area (Å²) >= 11 is 0. The Bertz CT molecular complexity index is 766. The number of aliphatic hydroxyl groups is 2. The third-order valence-corrected chi connectivity index (χ3v) is 5.68. The molecule has 0 bridgehead atoms. The van der Waals surface area contributed by atoms with E-state index < -0.39 is 5.60 Å². The Hall–Kier alpha value is -2.25. The maximum Gasteiger partial charge on any atom is 0.227 e. The monoisotopic (exact) mass is 369 g/mol. The van der Waals surface area contributed by atoms with Crippen LogP contribution in [0.25, 0.3) is 0 Å². The molecule has 2 aromatic rings. The number of aromatic nitrogens is 3. The number of hydrogen-bond donors (Lipinski definition) is 2. The van der Waals surface area contributed by atoms with Gasteiger partial charge in [-0.1, -0.05) is 6.07 Å². The van der Waals surface area contributed by atoms with Crippen LogP contribution in [0, 0.1) is 6.92 Å². The van der Waals surface area contributed by atoms with Crippen LogP contribution < -0.4 is 9.80 Å². The summed E-state index contributed by atoms with van der Waals surface area (Å²) in [7, 11) is 0. The molecule has 2 aliphatic rings. The Kier molecular flexibility index (Phi) is 4.97. The van der Waals surface area contributed by atoms with E-state index in [1.807, 2.05) is 31.3 Å². The van der Waals surface area contributed by atoms with Crippen LogP contribution in [0.4, 0.5) is 11.8 Å². The molecular formula is C20H27N5O2. The Morgan fingerprint density at radius 3 is 2.41 bits per heavy atom. The van der Waals surface area contributed by atoms with Crippen LogP contribution in [0.1, 0.15) is 36.9 Å². The third-order valence-electron chi connectivity index (χ3n) is 5.68. The first-order valence-corrected chi connectivity index (χ1v) is 9.70. The fourth-order valence-electron chi connectivity index (χ4n) is 3.84. The van der Waals surface area contributed by atoms with E-state index >= 15 is 0 Å². The van der Waals surface area contributed by atoms with Gasteiger partial charge in [0.2, 0.25) is 5.95 Å². The molecule has 7 heteroatoms. The highest BCUT2D eigenvalue weighted by atomic mass is 16.3. The molecule has 0 aromatic carbocycles. The zero-order valence-corrected chi connectivity index (χ0v) is 15.8. The molecule has 0 radical (unpaired) electrons. The second-order valence-electron chi connectivity index (χ2n) is 7.67. The van der Waals surface area contributed by atoms with E-state index in [1.54, 1.807) is 6.20 Å². The van der Waals surface area contributed by atoms with Crippen molar-refractivity contribution < 1.29 is 10.2 Å². The Labute approximate surface area is 159 Å². The molecule has 4 rings (SSSR count). The van der Waals surface area contributed by atoms with E-state index in [-0.39, 0.29) is 6.10 Å². The summed E-state index contributed by atoms with van der Waals surface area (Å²) in [5.41, 5.74) is 0.953. The SMILES string of the molecule is Cc1ccc(C2(O)CCN(c3nccc(N4CCC(O)CC4)n3)CC2)nc1. The topological polar surface area (TPSA) is 85.6 Å². The molecular weight excluding hydrogens is 342 g/mol. The molecule has 4 heterocycles. The second kappa shape index (κ2) is 7.40. The van der Waals surface area contributed by atoms with Crippen molar-refractivity contribution in [3.8, 4) is 0 Å². The van der Waals surface area contributed by atoms with E-state index in [0.717, 1.165) is 43.0 Å². The number of aryl methyl sites for hydroxylation is 1.